The lowest BCUT2D eigenvalue weighted by Gasteiger charge is -2.03. The molecule has 0 aliphatic rings. The maximum Gasteiger partial charge on any atom is 0.262 e. The molecule has 0 saturated heterocycles. The molecule has 0 aliphatic heterocycles. The number of hydrogen-bond acceptors (Lipinski definition) is 4. The second-order valence-electron chi connectivity index (χ2n) is 5.42. The molecular weight excluding hydrogens is 350 g/mol. The average Bonchev–Trinajstić information content (AvgIpc) is 3.14. The lowest BCUT2D eigenvalue weighted by molar-refractivity contribution is -0.117. The summed E-state index contributed by atoms with van der Waals surface area (Å²) in [5.74, 6) is 0.574. The molecule has 2 aromatic heterocycles. The minimum atomic E-state index is -0.471. The summed E-state index contributed by atoms with van der Waals surface area (Å²) in [4.78, 5) is 16.2. The van der Waals surface area contributed by atoms with Crippen LogP contribution in [-0.4, -0.2) is 10.9 Å². The maximum atomic E-state index is 12.2. The van der Waals surface area contributed by atoms with Gasteiger partial charge in [-0.1, -0.05) is 17.7 Å². The number of benzene rings is 1. The fraction of sp³-hybridized carbons (Fsp3) is 0.0500. The highest BCUT2D eigenvalue weighted by Crippen LogP contribution is 2.24. The number of nitrogens with zero attached hydrogens (tertiary/aromatic N) is 2. The van der Waals surface area contributed by atoms with Crippen LogP contribution < -0.4 is 5.32 Å². The number of amides is 1. The summed E-state index contributed by atoms with van der Waals surface area (Å²) in [5, 5.41) is 12.6. The Bertz CT molecular complexity index is 970. The lowest BCUT2D eigenvalue weighted by Crippen LogP contribution is -2.23. The van der Waals surface area contributed by atoms with Gasteiger partial charge < -0.3 is 9.73 Å². The first-order valence-electron chi connectivity index (χ1n) is 7.80. The molecule has 0 atom stereocenters. The Kier molecular flexibility index (Phi) is 5.47. The van der Waals surface area contributed by atoms with E-state index in [1.165, 1.54) is 6.08 Å². The van der Waals surface area contributed by atoms with Gasteiger partial charge in [-0.3, -0.25) is 9.78 Å². The van der Waals surface area contributed by atoms with E-state index < -0.39 is 5.91 Å². The van der Waals surface area contributed by atoms with Crippen molar-refractivity contribution in [3.05, 3.63) is 82.8 Å². The van der Waals surface area contributed by atoms with Crippen LogP contribution in [0.4, 0.5) is 0 Å². The number of halogens is 1. The summed E-state index contributed by atoms with van der Waals surface area (Å²) < 4.78 is 5.69. The first kappa shape index (κ1) is 17.5. The van der Waals surface area contributed by atoms with Crippen LogP contribution in [0.1, 0.15) is 11.3 Å². The van der Waals surface area contributed by atoms with E-state index in [-0.39, 0.29) is 5.57 Å². The predicted molar refractivity (Wildman–Crippen MR) is 98.8 cm³/mol. The fourth-order valence-electron chi connectivity index (χ4n) is 2.27. The van der Waals surface area contributed by atoms with Gasteiger partial charge in [0.05, 0.1) is 0 Å². The van der Waals surface area contributed by atoms with Gasteiger partial charge in [-0.2, -0.15) is 5.26 Å². The Morgan fingerprint density at radius 1 is 1.23 bits per heavy atom. The van der Waals surface area contributed by atoms with Gasteiger partial charge in [0.2, 0.25) is 0 Å². The number of carbonyl (C=O) groups is 1. The fourth-order valence-corrected chi connectivity index (χ4v) is 2.40. The van der Waals surface area contributed by atoms with E-state index in [4.69, 9.17) is 16.0 Å². The van der Waals surface area contributed by atoms with Crippen LogP contribution in [0, 0.1) is 11.3 Å². The van der Waals surface area contributed by atoms with Crippen LogP contribution in [-0.2, 0) is 11.3 Å². The molecule has 0 saturated carbocycles. The molecule has 26 heavy (non-hydrogen) atoms. The first-order chi connectivity index (χ1) is 12.7. The van der Waals surface area contributed by atoms with E-state index in [1.807, 2.05) is 24.3 Å². The molecular formula is C20H14ClN3O2. The van der Waals surface area contributed by atoms with E-state index in [2.05, 4.69) is 10.3 Å². The lowest BCUT2D eigenvalue weighted by atomic mass is 10.2. The topological polar surface area (TPSA) is 78.9 Å². The van der Waals surface area contributed by atoms with Crippen molar-refractivity contribution in [1.29, 1.82) is 5.26 Å². The highest BCUT2D eigenvalue weighted by molar-refractivity contribution is 6.30. The second kappa shape index (κ2) is 8.15. The van der Waals surface area contributed by atoms with E-state index >= 15 is 0 Å². The van der Waals surface area contributed by atoms with Crippen molar-refractivity contribution in [1.82, 2.24) is 10.3 Å². The molecule has 0 bridgehead atoms. The number of pyridine rings is 1. The molecule has 0 spiro atoms. The predicted octanol–water partition coefficient (Wildman–Crippen LogP) is 4.22. The third-order valence-corrected chi connectivity index (χ3v) is 3.84. The van der Waals surface area contributed by atoms with E-state index in [9.17, 15) is 10.1 Å². The number of nitrogens with one attached hydrogen (secondary N) is 1. The van der Waals surface area contributed by atoms with Crippen molar-refractivity contribution in [2.45, 2.75) is 6.54 Å². The molecule has 128 valence electrons. The molecule has 0 aliphatic carbocycles. The number of hydrogen-bond donors (Lipinski definition) is 1. The zero-order chi connectivity index (χ0) is 18.4. The Labute approximate surface area is 155 Å². The molecule has 5 nitrogen and oxygen atoms in total. The Hall–Kier alpha value is -3.36. The van der Waals surface area contributed by atoms with Crippen LogP contribution in [0.3, 0.4) is 0 Å². The summed E-state index contributed by atoms with van der Waals surface area (Å²) in [6.45, 7) is 0.292. The molecule has 1 amide bonds. The highest BCUT2D eigenvalue weighted by atomic mass is 35.5. The van der Waals surface area contributed by atoms with Crippen molar-refractivity contribution >= 4 is 23.6 Å². The number of furan rings is 1. The molecule has 3 aromatic rings. The summed E-state index contributed by atoms with van der Waals surface area (Å²) in [6, 6.07) is 16.2. The number of rotatable bonds is 5. The standard InChI is InChI=1S/C20H14ClN3O2/c21-17-5-3-15(4-6-17)19-8-7-18(26-19)10-16(11-22)20(25)24-13-14-2-1-9-23-12-14/h1-10,12H,13H2,(H,24,25)/b16-10+. The molecule has 0 fully saturated rings. The van der Waals surface area contributed by atoms with Gasteiger partial charge in [0, 0.05) is 35.6 Å². The van der Waals surface area contributed by atoms with Gasteiger partial charge in [-0.25, -0.2) is 0 Å². The van der Waals surface area contributed by atoms with Gasteiger partial charge >= 0.3 is 0 Å². The third-order valence-electron chi connectivity index (χ3n) is 3.58. The minimum Gasteiger partial charge on any atom is -0.457 e. The maximum absolute atomic E-state index is 12.2. The van der Waals surface area contributed by atoms with Crippen molar-refractivity contribution in [3.63, 3.8) is 0 Å². The van der Waals surface area contributed by atoms with Gasteiger partial charge in [0.15, 0.2) is 0 Å². The normalized spacial score (nSPS) is 11.0. The minimum absolute atomic E-state index is 0.0362. The number of nitriles is 1. The summed E-state index contributed by atoms with van der Waals surface area (Å²) in [6.07, 6.45) is 4.72. The van der Waals surface area contributed by atoms with Crippen LogP contribution in [0.15, 0.2) is 70.9 Å². The zero-order valence-corrected chi connectivity index (χ0v) is 14.4. The first-order valence-corrected chi connectivity index (χ1v) is 8.18. The van der Waals surface area contributed by atoms with Crippen LogP contribution in [0.25, 0.3) is 17.4 Å². The van der Waals surface area contributed by atoms with E-state index in [1.54, 1.807) is 42.7 Å². The monoisotopic (exact) mass is 363 g/mol. The molecule has 2 heterocycles. The summed E-state index contributed by atoms with van der Waals surface area (Å²) in [7, 11) is 0. The summed E-state index contributed by atoms with van der Waals surface area (Å²) in [5.41, 5.74) is 1.67. The van der Waals surface area contributed by atoms with Crippen LogP contribution in [0.5, 0.6) is 0 Å². The van der Waals surface area contributed by atoms with Crippen molar-refractivity contribution in [2.24, 2.45) is 0 Å². The molecule has 0 unspecified atom stereocenters. The van der Waals surface area contributed by atoms with E-state index in [0.29, 0.717) is 23.1 Å². The largest absolute Gasteiger partial charge is 0.457 e. The van der Waals surface area contributed by atoms with Gasteiger partial charge in [0.25, 0.3) is 5.91 Å². The molecule has 0 radical (unpaired) electrons. The Morgan fingerprint density at radius 2 is 2.04 bits per heavy atom. The Balaban J connectivity index is 1.71. The highest BCUT2D eigenvalue weighted by Gasteiger charge is 2.11. The molecule has 6 heteroatoms. The Morgan fingerprint density at radius 3 is 2.73 bits per heavy atom. The molecule has 1 N–H and O–H groups in total. The third kappa shape index (κ3) is 4.38. The van der Waals surface area contributed by atoms with Gasteiger partial charge in [0.1, 0.15) is 23.2 Å². The number of carbonyl (C=O) groups excluding carboxylic acids is 1. The van der Waals surface area contributed by atoms with Gasteiger partial charge in [-0.15, -0.1) is 0 Å². The van der Waals surface area contributed by atoms with Crippen LogP contribution in [0.2, 0.25) is 5.02 Å². The SMILES string of the molecule is N#C/C(=C\c1ccc(-c2ccc(Cl)cc2)o1)C(=O)NCc1cccnc1. The number of aromatic nitrogens is 1. The average molecular weight is 364 g/mol. The molecule has 3 rings (SSSR count). The summed E-state index contributed by atoms with van der Waals surface area (Å²) >= 11 is 5.88. The quantitative estimate of drug-likeness (QED) is 0.543. The van der Waals surface area contributed by atoms with Crippen LogP contribution >= 0.6 is 11.6 Å². The van der Waals surface area contributed by atoms with E-state index in [0.717, 1.165) is 11.1 Å². The van der Waals surface area contributed by atoms with Crippen molar-refractivity contribution in [2.75, 3.05) is 0 Å². The van der Waals surface area contributed by atoms with Crippen molar-refractivity contribution in [3.8, 4) is 17.4 Å². The molecule has 1 aromatic carbocycles. The zero-order valence-electron chi connectivity index (χ0n) is 13.6. The second-order valence-corrected chi connectivity index (χ2v) is 5.86. The smallest absolute Gasteiger partial charge is 0.262 e. The van der Waals surface area contributed by atoms with Gasteiger partial charge in [-0.05, 0) is 48.0 Å². The van der Waals surface area contributed by atoms with Crippen molar-refractivity contribution < 1.29 is 9.21 Å².